The summed E-state index contributed by atoms with van der Waals surface area (Å²) in [6.45, 7) is 2.29. The number of halogens is 1. The van der Waals surface area contributed by atoms with Gasteiger partial charge in [0.15, 0.2) is 0 Å². The van der Waals surface area contributed by atoms with Crippen molar-refractivity contribution in [3.05, 3.63) is 10.8 Å². The predicted molar refractivity (Wildman–Crippen MR) is 69.2 cm³/mol. The minimum Gasteiger partial charge on any atom is -0.383 e. The van der Waals surface area contributed by atoms with Gasteiger partial charge in [0.1, 0.15) is 22.4 Å². The van der Waals surface area contributed by atoms with E-state index in [9.17, 15) is 0 Å². The Hall–Kier alpha value is -0.840. The molecule has 1 fully saturated rings. The van der Waals surface area contributed by atoms with Crippen molar-refractivity contribution < 1.29 is 0 Å². The molecule has 2 atom stereocenters. The lowest BCUT2D eigenvalue weighted by atomic mass is 9.86. The summed E-state index contributed by atoms with van der Waals surface area (Å²) in [4.78, 5) is 8.15. The molecule has 1 aliphatic rings. The molecule has 0 aliphatic heterocycles. The molecule has 0 spiro atoms. The van der Waals surface area contributed by atoms with E-state index < -0.39 is 0 Å². The van der Waals surface area contributed by atoms with Gasteiger partial charge in [-0.2, -0.15) is 0 Å². The van der Waals surface area contributed by atoms with Gasteiger partial charge in [0.05, 0.1) is 0 Å². The molecule has 3 N–H and O–H groups in total. The lowest BCUT2D eigenvalue weighted by Gasteiger charge is -2.30. The standard InChI is InChI=1S/C11H17BrN4/c1-7-4-2-3-5-8(7)16-11-9(12)10(13)14-6-15-11/h6-8H,2-5H2,1H3,(H3,13,14,15,16). The van der Waals surface area contributed by atoms with Crippen molar-refractivity contribution in [2.24, 2.45) is 5.92 Å². The molecule has 5 heteroatoms. The van der Waals surface area contributed by atoms with Crippen LogP contribution in [0.5, 0.6) is 0 Å². The van der Waals surface area contributed by atoms with E-state index in [-0.39, 0.29) is 0 Å². The molecule has 0 amide bonds. The van der Waals surface area contributed by atoms with Gasteiger partial charge in [0.25, 0.3) is 0 Å². The lowest BCUT2D eigenvalue weighted by Crippen LogP contribution is -2.30. The van der Waals surface area contributed by atoms with Crippen molar-refractivity contribution in [1.29, 1.82) is 0 Å². The number of nitrogens with one attached hydrogen (secondary N) is 1. The van der Waals surface area contributed by atoms with Gasteiger partial charge in [-0.1, -0.05) is 19.8 Å². The van der Waals surface area contributed by atoms with Crippen molar-refractivity contribution >= 4 is 27.6 Å². The molecule has 88 valence electrons. The molecule has 1 aliphatic carbocycles. The topological polar surface area (TPSA) is 63.8 Å². The van der Waals surface area contributed by atoms with Crippen LogP contribution in [0.3, 0.4) is 0 Å². The highest BCUT2D eigenvalue weighted by Gasteiger charge is 2.22. The number of rotatable bonds is 2. The zero-order valence-corrected chi connectivity index (χ0v) is 11.0. The van der Waals surface area contributed by atoms with Gasteiger partial charge in [-0.3, -0.25) is 0 Å². The number of hydrogen-bond donors (Lipinski definition) is 2. The van der Waals surface area contributed by atoms with Gasteiger partial charge < -0.3 is 11.1 Å². The fraction of sp³-hybridized carbons (Fsp3) is 0.636. The average Bonchev–Trinajstić information content (AvgIpc) is 2.28. The smallest absolute Gasteiger partial charge is 0.146 e. The highest BCUT2D eigenvalue weighted by molar-refractivity contribution is 9.10. The molecule has 2 rings (SSSR count). The molecule has 0 aromatic carbocycles. The van der Waals surface area contributed by atoms with Crippen LogP contribution < -0.4 is 11.1 Å². The van der Waals surface area contributed by atoms with Crippen molar-refractivity contribution in [1.82, 2.24) is 9.97 Å². The maximum absolute atomic E-state index is 5.72. The molecule has 2 unspecified atom stereocenters. The zero-order chi connectivity index (χ0) is 11.5. The Morgan fingerprint density at radius 1 is 1.38 bits per heavy atom. The van der Waals surface area contributed by atoms with Crippen LogP contribution in [-0.2, 0) is 0 Å². The number of anilines is 2. The van der Waals surface area contributed by atoms with Crippen LogP contribution in [0.1, 0.15) is 32.6 Å². The first-order chi connectivity index (χ1) is 7.68. The summed E-state index contributed by atoms with van der Waals surface area (Å²) in [5, 5.41) is 3.46. The molecule has 0 bridgehead atoms. The Labute approximate surface area is 104 Å². The second kappa shape index (κ2) is 4.99. The van der Waals surface area contributed by atoms with Crippen LogP contribution in [0.4, 0.5) is 11.6 Å². The van der Waals surface area contributed by atoms with E-state index in [0.717, 1.165) is 10.3 Å². The molecule has 1 aromatic heterocycles. The van der Waals surface area contributed by atoms with Gasteiger partial charge in [0.2, 0.25) is 0 Å². The van der Waals surface area contributed by atoms with Crippen molar-refractivity contribution in [2.45, 2.75) is 38.6 Å². The van der Waals surface area contributed by atoms with Crippen molar-refractivity contribution in [2.75, 3.05) is 11.1 Å². The highest BCUT2D eigenvalue weighted by Crippen LogP contribution is 2.30. The van der Waals surface area contributed by atoms with Gasteiger partial charge >= 0.3 is 0 Å². The molecule has 1 aromatic rings. The van der Waals surface area contributed by atoms with Gasteiger partial charge in [0, 0.05) is 6.04 Å². The first kappa shape index (κ1) is 11.6. The molecule has 1 heterocycles. The Balaban J connectivity index is 2.10. The molecule has 0 saturated heterocycles. The van der Waals surface area contributed by atoms with Crippen LogP contribution >= 0.6 is 15.9 Å². The quantitative estimate of drug-likeness (QED) is 0.877. The molecular formula is C11H17BrN4. The van der Waals surface area contributed by atoms with Crippen molar-refractivity contribution in [3.8, 4) is 0 Å². The summed E-state index contributed by atoms with van der Waals surface area (Å²) >= 11 is 3.41. The second-order valence-corrected chi connectivity index (χ2v) is 5.23. The number of nitrogen functional groups attached to an aromatic ring is 1. The minimum atomic E-state index is 0.487. The third-order valence-corrected chi connectivity index (χ3v) is 4.03. The molecular weight excluding hydrogens is 268 g/mol. The van der Waals surface area contributed by atoms with E-state index in [4.69, 9.17) is 5.73 Å². The van der Waals surface area contributed by atoms with Crippen LogP contribution in [0.2, 0.25) is 0 Å². The van der Waals surface area contributed by atoms with E-state index in [1.54, 1.807) is 0 Å². The summed E-state index contributed by atoms with van der Waals surface area (Å²) in [7, 11) is 0. The van der Waals surface area contributed by atoms with E-state index in [0.29, 0.717) is 17.8 Å². The number of aromatic nitrogens is 2. The summed E-state index contributed by atoms with van der Waals surface area (Å²) in [5.74, 6) is 1.99. The Kier molecular flexibility index (Phi) is 3.63. The maximum atomic E-state index is 5.72. The predicted octanol–water partition coefficient (Wildman–Crippen LogP) is 2.81. The van der Waals surface area contributed by atoms with Crippen LogP contribution in [-0.4, -0.2) is 16.0 Å². The largest absolute Gasteiger partial charge is 0.383 e. The van der Waals surface area contributed by atoms with E-state index >= 15 is 0 Å². The minimum absolute atomic E-state index is 0.487. The van der Waals surface area contributed by atoms with Gasteiger partial charge in [-0.25, -0.2) is 9.97 Å². The summed E-state index contributed by atoms with van der Waals surface area (Å²) in [5.41, 5.74) is 5.72. The fourth-order valence-corrected chi connectivity index (χ4v) is 2.51. The lowest BCUT2D eigenvalue weighted by molar-refractivity contribution is 0.349. The molecule has 1 saturated carbocycles. The zero-order valence-electron chi connectivity index (χ0n) is 9.41. The second-order valence-electron chi connectivity index (χ2n) is 4.43. The maximum Gasteiger partial charge on any atom is 0.146 e. The van der Waals surface area contributed by atoms with E-state index in [1.165, 1.54) is 32.0 Å². The SMILES string of the molecule is CC1CCCCC1Nc1ncnc(N)c1Br. The normalized spacial score (nSPS) is 25.4. The highest BCUT2D eigenvalue weighted by atomic mass is 79.9. The third kappa shape index (κ3) is 2.45. The summed E-state index contributed by atoms with van der Waals surface area (Å²) in [6.07, 6.45) is 6.62. The average molecular weight is 285 g/mol. The third-order valence-electron chi connectivity index (χ3n) is 3.25. The monoisotopic (exact) mass is 284 g/mol. The number of nitrogens with zero attached hydrogens (tertiary/aromatic N) is 2. The van der Waals surface area contributed by atoms with Crippen molar-refractivity contribution in [3.63, 3.8) is 0 Å². The van der Waals surface area contributed by atoms with Crippen LogP contribution in [0.25, 0.3) is 0 Å². The Morgan fingerprint density at radius 2 is 2.12 bits per heavy atom. The Morgan fingerprint density at radius 3 is 2.88 bits per heavy atom. The first-order valence-electron chi connectivity index (χ1n) is 5.71. The van der Waals surface area contributed by atoms with Crippen LogP contribution in [0, 0.1) is 5.92 Å². The fourth-order valence-electron chi connectivity index (χ4n) is 2.19. The molecule has 0 radical (unpaired) electrons. The first-order valence-corrected chi connectivity index (χ1v) is 6.50. The van der Waals surface area contributed by atoms with Gasteiger partial charge in [-0.05, 0) is 34.7 Å². The van der Waals surface area contributed by atoms with Crippen LogP contribution in [0.15, 0.2) is 10.8 Å². The number of hydrogen-bond acceptors (Lipinski definition) is 4. The molecule has 4 nitrogen and oxygen atoms in total. The Bertz CT molecular complexity index is 369. The van der Waals surface area contributed by atoms with E-state index in [2.05, 4.69) is 38.1 Å². The van der Waals surface area contributed by atoms with Gasteiger partial charge in [-0.15, -0.1) is 0 Å². The number of nitrogens with two attached hydrogens (primary N) is 1. The molecule has 16 heavy (non-hydrogen) atoms. The summed E-state index contributed by atoms with van der Waals surface area (Å²) < 4.78 is 0.771. The summed E-state index contributed by atoms with van der Waals surface area (Å²) in [6, 6.07) is 0.499. The van der Waals surface area contributed by atoms with E-state index in [1.807, 2.05) is 0 Å².